The number of aryl methyl sites for hydroxylation is 2. The first kappa shape index (κ1) is 23.6. The van der Waals surface area contributed by atoms with E-state index in [0.717, 1.165) is 9.82 Å². The second-order valence-electron chi connectivity index (χ2n) is 7.27. The third-order valence-corrected chi connectivity index (χ3v) is 6.68. The molecule has 0 unspecified atom stereocenters. The normalized spacial score (nSPS) is 11.8. The van der Waals surface area contributed by atoms with E-state index in [4.69, 9.17) is 9.47 Å². The number of rotatable bonds is 10. The third kappa shape index (κ3) is 5.23. The van der Waals surface area contributed by atoms with Crippen LogP contribution < -0.4 is 10.1 Å². The van der Waals surface area contributed by atoms with Crippen LogP contribution in [-0.2, 0) is 33.0 Å². The van der Waals surface area contributed by atoms with Gasteiger partial charge in [-0.15, -0.1) is 0 Å². The molecule has 0 aliphatic heterocycles. The number of benzene rings is 1. The average Bonchev–Trinajstić information content (AvgIpc) is 3.08. The maximum Gasteiger partial charge on any atom is 0.242 e. The van der Waals surface area contributed by atoms with Gasteiger partial charge in [0.2, 0.25) is 21.8 Å². The first-order valence-electron chi connectivity index (χ1n) is 9.98. The van der Waals surface area contributed by atoms with Gasteiger partial charge in [-0.2, -0.15) is 0 Å². The first-order chi connectivity index (χ1) is 15.2. The van der Waals surface area contributed by atoms with Crippen molar-refractivity contribution in [2.24, 2.45) is 7.05 Å². The molecule has 2 aromatic heterocycles. The Kier molecular flexibility index (Phi) is 7.44. The molecule has 11 heteroatoms. The lowest BCUT2D eigenvalue weighted by Gasteiger charge is -2.11. The summed E-state index contributed by atoms with van der Waals surface area (Å²) < 4.78 is 38.3. The summed E-state index contributed by atoms with van der Waals surface area (Å²) in [5.74, 6) is 0.796. The number of imidazole rings is 1. The number of fused-ring (bicyclic) bond motifs is 1. The lowest BCUT2D eigenvalue weighted by molar-refractivity contribution is -0.116. The van der Waals surface area contributed by atoms with Gasteiger partial charge in [0.15, 0.2) is 0 Å². The van der Waals surface area contributed by atoms with Crippen LogP contribution in [0.25, 0.3) is 11.0 Å². The fourth-order valence-electron chi connectivity index (χ4n) is 3.09. The smallest absolute Gasteiger partial charge is 0.242 e. The third-order valence-electron chi connectivity index (χ3n) is 4.87. The van der Waals surface area contributed by atoms with Gasteiger partial charge in [0, 0.05) is 47.3 Å². The molecule has 0 saturated heterocycles. The van der Waals surface area contributed by atoms with Crippen LogP contribution in [0.1, 0.15) is 12.2 Å². The molecule has 0 aliphatic rings. The maximum atomic E-state index is 12.5. The van der Waals surface area contributed by atoms with E-state index < -0.39 is 10.0 Å². The Balaban J connectivity index is 1.70. The molecule has 0 spiro atoms. The predicted molar refractivity (Wildman–Crippen MR) is 120 cm³/mol. The SMILES string of the molecule is COCCOc1ncccc1NC(=O)CCc1nc2cc(S(=O)(=O)N(C)C)ccc2n1C. The number of amides is 1. The summed E-state index contributed by atoms with van der Waals surface area (Å²) in [6, 6.07) is 8.26. The zero-order chi connectivity index (χ0) is 23.3. The molecule has 172 valence electrons. The number of carbonyl (C=O) groups excluding carboxylic acids is 1. The highest BCUT2D eigenvalue weighted by Gasteiger charge is 2.19. The summed E-state index contributed by atoms with van der Waals surface area (Å²) in [7, 11) is 2.83. The molecular weight excluding hydrogens is 434 g/mol. The molecule has 1 aromatic carbocycles. The van der Waals surface area contributed by atoms with Crippen molar-refractivity contribution in [3.63, 3.8) is 0 Å². The Morgan fingerprint density at radius 2 is 2.00 bits per heavy atom. The quantitative estimate of drug-likeness (QED) is 0.458. The summed E-state index contributed by atoms with van der Waals surface area (Å²) in [5, 5.41) is 2.81. The molecule has 2 heterocycles. The molecule has 0 radical (unpaired) electrons. The number of ether oxygens (including phenoxy) is 2. The fraction of sp³-hybridized carbons (Fsp3) is 0.381. The van der Waals surface area contributed by atoms with Crippen LogP contribution in [0.5, 0.6) is 5.88 Å². The summed E-state index contributed by atoms with van der Waals surface area (Å²) in [6.45, 7) is 0.732. The largest absolute Gasteiger partial charge is 0.474 e. The number of methoxy groups -OCH3 is 1. The minimum atomic E-state index is -3.55. The van der Waals surface area contributed by atoms with Crippen LogP contribution >= 0.6 is 0 Å². The van der Waals surface area contributed by atoms with E-state index in [-0.39, 0.29) is 17.2 Å². The number of anilines is 1. The number of carbonyl (C=O) groups is 1. The number of aromatic nitrogens is 3. The average molecular weight is 462 g/mol. The van der Waals surface area contributed by atoms with E-state index in [9.17, 15) is 13.2 Å². The molecule has 10 nitrogen and oxygen atoms in total. The summed E-state index contributed by atoms with van der Waals surface area (Å²) in [5.41, 5.74) is 1.84. The first-order valence-corrected chi connectivity index (χ1v) is 11.4. The van der Waals surface area contributed by atoms with E-state index in [1.165, 1.54) is 14.1 Å². The standard InChI is InChI=1S/C21H27N5O5S/c1-25(2)32(28,29)15-7-8-18-17(14-15)23-19(26(18)3)9-10-20(27)24-16-6-5-11-22-21(16)31-13-12-30-4/h5-8,11,14H,9-10,12-13H2,1-4H3,(H,24,27). The van der Waals surface area contributed by atoms with E-state index in [1.54, 1.807) is 43.6 Å². The van der Waals surface area contributed by atoms with Gasteiger partial charge in [0.05, 0.1) is 22.5 Å². The molecule has 3 rings (SSSR count). The Labute approximate surface area is 187 Å². The molecule has 0 bridgehead atoms. The van der Waals surface area contributed by atoms with Gasteiger partial charge in [-0.3, -0.25) is 4.79 Å². The molecule has 1 amide bonds. The van der Waals surface area contributed by atoms with Gasteiger partial charge in [-0.25, -0.2) is 22.7 Å². The minimum absolute atomic E-state index is 0.176. The number of hydrogen-bond acceptors (Lipinski definition) is 7. The predicted octanol–water partition coefficient (Wildman–Crippen LogP) is 1.82. The van der Waals surface area contributed by atoms with E-state index in [2.05, 4.69) is 15.3 Å². The zero-order valence-corrected chi connectivity index (χ0v) is 19.3. The molecule has 0 fully saturated rings. The van der Waals surface area contributed by atoms with Crippen molar-refractivity contribution in [3.8, 4) is 5.88 Å². The number of pyridine rings is 1. The summed E-state index contributed by atoms with van der Waals surface area (Å²) >= 11 is 0. The fourth-order valence-corrected chi connectivity index (χ4v) is 4.01. The second kappa shape index (κ2) is 10.1. The van der Waals surface area contributed by atoms with Crippen LogP contribution in [0.2, 0.25) is 0 Å². The lowest BCUT2D eigenvalue weighted by atomic mass is 10.2. The van der Waals surface area contributed by atoms with E-state index in [0.29, 0.717) is 42.5 Å². The lowest BCUT2D eigenvalue weighted by Crippen LogP contribution is -2.22. The highest BCUT2D eigenvalue weighted by Crippen LogP contribution is 2.23. The van der Waals surface area contributed by atoms with Crippen LogP contribution in [0.3, 0.4) is 0 Å². The number of hydrogen-bond donors (Lipinski definition) is 1. The van der Waals surface area contributed by atoms with Gasteiger partial charge in [0.25, 0.3) is 0 Å². The van der Waals surface area contributed by atoms with Crippen molar-refractivity contribution in [1.29, 1.82) is 0 Å². The Hall–Kier alpha value is -3.02. The molecule has 0 aliphatic carbocycles. The highest BCUT2D eigenvalue weighted by atomic mass is 32.2. The monoisotopic (exact) mass is 461 g/mol. The summed E-state index contributed by atoms with van der Waals surface area (Å²) in [4.78, 5) is 21.4. The van der Waals surface area contributed by atoms with Crippen molar-refractivity contribution in [1.82, 2.24) is 18.8 Å². The number of sulfonamides is 1. The molecule has 0 atom stereocenters. The maximum absolute atomic E-state index is 12.5. The van der Waals surface area contributed by atoms with Crippen molar-refractivity contribution in [3.05, 3.63) is 42.4 Å². The number of nitrogens with one attached hydrogen (secondary N) is 1. The Morgan fingerprint density at radius 1 is 1.22 bits per heavy atom. The molecule has 0 saturated carbocycles. The Bertz CT molecular complexity index is 1210. The molecule has 3 aromatic rings. The molecular formula is C21H27N5O5S. The van der Waals surface area contributed by atoms with Crippen LogP contribution in [0, 0.1) is 0 Å². The van der Waals surface area contributed by atoms with Crippen LogP contribution in [-0.4, -0.2) is 67.6 Å². The van der Waals surface area contributed by atoms with Gasteiger partial charge < -0.3 is 19.4 Å². The van der Waals surface area contributed by atoms with Crippen molar-refractivity contribution >= 4 is 32.7 Å². The topological polar surface area (TPSA) is 116 Å². The van der Waals surface area contributed by atoms with Crippen molar-refractivity contribution in [2.75, 3.05) is 39.7 Å². The van der Waals surface area contributed by atoms with E-state index in [1.807, 2.05) is 11.6 Å². The van der Waals surface area contributed by atoms with Gasteiger partial charge in [0.1, 0.15) is 18.1 Å². The Morgan fingerprint density at radius 3 is 2.72 bits per heavy atom. The number of nitrogens with zero attached hydrogens (tertiary/aromatic N) is 4. The van der Waals surface area contributed by atoms with Crippen molar-refractivity contribution in [2.45, 2.75) is 17.7 Å². The van der Waals surface area contributed by atoms with Gasteiger partial charge in [-0.05, 0) is 30.3 Å². The molecule has 1 N–H and O–H groups in total. The molecule has 32 heavy (non-hydrogen) atoms. The minimum Gasteiger partial charge on any atom is -0.474 e. The highest BCUT2D eigenvalue weighted by molar-refractivity contribution is 7.89. The summed E-state index contributed by atoms with van der Waals surface area (Å²) in [6.07, 6.45) is 2.15. The van der Waals surface area contributed by atoms with Crippen molar-refractivity contribution < 1.29 is 22.7 Å². The van der Waals surface area contributed by atoms with Crippen LogP contribution in [0.4, 0.5) is 5.69 Å². The van der Waals surface area contributed by atoms with Gasteiger partial charge >= 0.3 is 0 Å². The van der Waals surface area contributed by atoms with Crippen LogP contribution in [0.15, 0.2) is 41.4 Å². The van der Waals surface area contributed by atoms with E-state index >= 15 is 0 Å². The zero-order valence-electron chi connectivity index (χ0n) is 18.5. The van der Waals surface area contributed by atoms with Gasteiger partial charge in [-0.1, -0.05) is 0 Å². The second-order valence-corrected chi connectivity index (χ2v) is 9.42.